The van der Waals surface area contributed by atoms with Crippen LogP contribution in [0, 0.1) is 16.7 Å². The predicted octanol–water partition coefficient (Wildman–Crippen LogP) is 3.34. The number of carbonyl (C=O) groups is 1. The second kappa shape index (κ2) is 6.75. The molecular formula is C22H20N2O4S. The molecule has 0 fully saturated rings. The van der Waals surface area contributed by atoms with Crippen molar-refractivity contribution >= 4 is 26.7 Å². The molecule has 29 heavy (non-hydrogen) atoms. The van der Waals surface area contributed by atoms with Crippen molar-refractivity contribution in [2.24, 2.45) is 5.41 Å². The van der Waals surface area contributed by atoms with E-state index in [1.54, 1.807) is 18.2 Å². The Balaban J connectivity index is 1.95. The summed E-state index contributed by atoms with van der Waals surface area (Å²) in [6.07, 6.45) is 2.01. The molecule has 1 atom stereocenters. The summed E-state index contributed by atoms with van der Waals surface area (Å²) in [4.78, 5) is 13.6. The van der Waals surface area contributed by atoms with Crippen molar-refractivity contribution in [2.75, 3.05) is 13.4 Å². The molecule has 2 aromatic carbocycles. The van der Waals surface area contributed by atoms with Crippen LogP contribution in [0.15, 0.2) is 48.5 Å². The standard InChI is InChI=1S/C22H20N2O4S/c1-28-16-8-9-17-19(12-16)24(29(2,26)27)18-10-11-22(14-23,21(25)20(17)18)13-15-6-4-3-5-7-15/h3-9,12H,10-11,13H2,1-2H3/t22-/m1/s1. The molecule has 0 unspecified atom stereocenters. The second-order valence-electron chi connectivity index (χ2n) is 7.42. The zero-order valence-electron chi connectivity index (χ0n) is 16.2. The summed E-state index contributed by atoms with van der Waals surface area (Å²) in [5, 5.41) is 10.5. The van der Waals surface area contributed by atoms with Crippen molar-refractivity contribution in [3.05, 3.63) is 65.4 Å². The molecule has 0 saturated heterocycles. The molecule has 0 aliphatic heterocycles. The van der Waals surface area contributed by atoms with Gasteiger partial charge in [-0.1, -0.05) is 30.3 Å². The van der Waals surface area contributed by atoms with Gasteiger partial charge in [0.15, 0.2) is 5.78 Å². The molecule has 0 bridgehead atoms. The fourth-order valence-electron chi connectivity index (χ4n) is 4.22. The van der Waals surface area contributed by atoms with Crippen LogP contribution in [0.4, 0.5) is 0 Å². The number of methoxy groups -OCH3 is 1. The second-order valence-corrected chi connectivity index (χ2v) is 9.25. The van der Waals surface area contributed by atoms with Gasteiger partial charge in [-0.25, -0.2) is 12.4 Å². The van der Waals surface area contributed by atoms with E-state index in [0.717, 1.165) is 11.8 Å². The Kier molecular flexibility index (Phi) is 4.47. The van der Waals surface area contributed by atoms with Crippen molar-refractivity contribution < 1.29 is 17.9 Å². The molecule has 3 aromatic rings. The minimum atomic E-state index is -3.65. The lowest BCUT2D eigenvalue weighted by atomic mass is 9.69. The van der Waals surface area contributed by atoms with Crippen LogP contribution in [0.5, 0.6) is 5.75 Å². The largest absolute Gasteiger partial charge is 0.497 e. The Morgan fingerprint density at radius 3 is 2.55 bits per heavy atom. The molecule has 0 amide bonds. The molecule has 148 valence electrons. The first-order valence-corrected chi connectivity index (χ1v) is 11.1. The number of ketones is 1. The fourth-order valence-corrected chi connectivity index (χ4v) is 5.31. The maximum atomic E-state index is 13.6. The summed E-state index contributed by atoms with van der Waals surface area (Å²) in [6.45, 7) is 0. The number of fused-ring (bicyclic) bond motifs is 3. The lowest BCUT2D eigenvalue weighted by Gasteiger charge is -2.30. The topological polar surface area (TPSA) is 89.2 Å². The van der Waals surface area contributed by atoms with Crippen molar-refractivity contribution in [3.8, 4) is 11.8 Å². The highest BCUT2D eigenvalue weighted by Crippen LogP contribution is 2.43. The van der Waals surface area contributed by atoms with Crippen LogP contribution in [0.2, 0.25) is 0 Å². The highest BCUT2D eigenvalue weighted by Gasteiger charge is 2.46. The summed E-state index contributed by atoms with van der Waals surface area (Å²) in [6, 6.07) is 16.7. The van der Waals surface area contributed by atoms with E-state index in [4.69, 9.17) is 4.74 Å². The predicted molar refractivity (Wildman–Crippen MR) is 110 cm³/mol. The lowest BCUT2D eigenvalue weighted by Crippen LogP contribution is -2.37. The molecule has 0 spiro atoms. The van der Waals surface area contributed by atoms with Gasteiger partial charge < -0.3 is 4.74 Å². The summed E-state index contributed by atoms with van der Waals surface area (Å²) >= 11 is 0. The normalized spacial score (nSPS) is 19.0. The molecule has 4 rings (SSSR count). The highest BCUT2D eigenvalue weighted by atomic mass is 32.2. The summed E-state index contributed by atoms with van der Waals surface area (Å²) in [7, 11) is -2.15. The summed E-state index contributed by atoms with van der Waals surface area (Å²) in [5.74, 6) is 0.184. The number of nitrogens with zero attached hydrogens (tertiary/aromatic N) is 2. The molecule has 1 aliphatic rings. The Bertz CT molecular complexity index is 1270. The Hall–Kier alpha value is -3.11. The van der Waals surface area contributed by atoms with Gasteiger partial charge in [0.1, 0.15) is 11.2 Å². The van der Waals surface area contributed by atoms with Gasteiger partial charge >= 0.3 is 0 Å². The molecule has 1 heterocycles. The molecular weight excluding hydrogens is 388 g/mol. The van der Waals surface area contributed by atoms with Gasteiger partial charge in [-0.15, -0.1) is 0 Å². The average molecular weight is 408 g/mol. The monoisotopic (exact) mass is 408 g/mol. The number of aromatic nitrogens is 1. The third kappa shape index (κ3) is 3.00. The van der Waals surface area contributed by atoms with Gasteiger partial charge in [-0.3, -0.25) is 4.79 Å². The zero-order valence-corrected chi connectivity index (χ0v) is 17.0. The first kappa shape index (κ1) is 19.2. The zero-order chi connectivity index (χ0) is 20.8. The minimum absolute atomic E-state index is 0.271. The van der Waals surface area contributed by atoms with Crippen molar-refractivity contribution in [1.82, 2.24) is 3.97 Å². The van der Waals surface area contributed by atoms with E-state index in [2.05, 4.69) is 6.07 Å². The summed E-state index contributed by atoms with van der Waals surface area (Å²) in [5.41, 5.74) is 0.861. The van der Waals surface area contributed by atoms with Gasteiger partial charge in [-0.2, -0.15) is 5.26 Å². The van der Waals surface area contributed by atoms with Crippen LogP contribution in [0.1, 0.15) is 28.0 Å². The van der Waals surface area contributed by atoms with Gasteiger partial charge in [-0.05, 0) is 37.0 Å². The Morgan fingerprint density at radius 1 is 1.21 bits per heavy atom. The van der Waals surface area contributed by atoms with E-state index in [-0.39, 0.29) is 12.2 Å². The molecule has 0 radical (unpaired) electrons. The SMILES string of the molecule is COc1ccc2c3c(n(S(C)(=O)=O)c2c1)CC[C@](C#N)(Cc1ccccc1)C3=O. The number of carbonyl (C=O) groups excluding carboxylic acids is 1. The molecule has 0 N–H and O–H groups in total. The smallest absolute Gasteiger partial charge is 0.236 e. The molecule has 0 saturated carbocycles. The third-order valence-corrected chi connectivity index (χ3v) is 6.65. The van der Waals surface area contributed by atoms with Crippen LogP contribution in [-0.2, 0) is 22.9 Å². The van der Waals surface area contributed by atoms with Crippen LogP contribution in [0.25, 0.3) is 10.9 Å². The van der Waals surface area contributed by atoms with Crippen LogP contribution in [0.3, 0.4) is 0 Å². The minimum Gasteiger partial charge on any atom is -0.497 e. The number of nitriles is 1. The molecule has 1 aliphatic carbocycles. The maximum Gasteiger partial charge on any atom is 0.236 e. The molecule has 6 nitrogen and oxygen atoms in total. The first-order chi connectivity index (χ1) is 13.8. The number of rotatable bonds is 4. The van der Waals surface area contributed by atoms with Gasteiger partial charge in [0.25, 0.3) is 0 Å². The molecule has 1 aromatic heterocycles. The first-order valence-electron chi connectivity index (χ1n) is 9.22. The van der Waals surface area contributed by atoms with Crippen molar-refractivity contribution in [3.63, 3.8) is 0 Å². The maximum absolute atomic E-state index is 13.6. The van der Waals surface area contributed by atoms with Gasteiger partial charge in [0.2, 0.25) is 10.0 Å². The summed E-state index contributed by atoms with van der Waals surface area (Å²) < 4.78 is 31.6. The van der Waals surface area contributed by atoms with E-state index in [1.165, 1.54) is 11.1 Å². The van der Waals surface area contributed by atoms with Crippen LogP contribution in [-0.4, -0.2) is 31.5 Å². The number of Topliss-reactive ketones (excluding diaryl/α,β-unsaturated/α-hetero) is 1. The van der Waals surface area contributed by atoms with E-state index in [9.17, 15) is 18.5 Å². The molecule has 7 heteroatoms. The average Bonchev–Trinajstić information content (AvgIpc) is 3.05. The quantitative estimate of drug-likeness (QED) is 0.661. The van der Waals surface area contributed by atoms with E-state index >= 15 is 0 Å². The van der Waals surface area contributed by atoms with E-state index in [0.29, 0.717) is 40.8 Å². The number of hydrogen-bond donors (Lipinski definition) is 0. The lowest BCUT2D eigenvalue weighted by molar-refractivity contribution is 0.0835. The highest BCUT2D eigenvalue weighted by molar-refractivity contribution is 7.89. The Labute approximate surface area is 169 Å². The third-order valence-electron chi connectivity index (χ3n) is 5.57. The van der Waals surface area contributed by atoms with Crippen molar-refractivity contribution in [2.45, 2.75) is 19.3 Å². The van der Waals surface area contributed by atoms with Gasteiger partial charge in [0, 0.05) is 22.7 Å². The van der Waals surface area contributed by atoms with E-state index in [1.807, 2.05) is 30.3 Å². The Morgan fingerprint density at radius 2 is 1.93 bits per heavy atom. The number of hydrogen-bond acceptors (Lipinski definition) is 5. The van der Waals surface area contributed by atoms with E-state index < -0.39 is 15.4 Å². The number of benzene rings is 2. The van der Waals surface area contributed by atoms with Gasteiger partial charge in [0.05, 0.1) is 25.0 Å². The van der Waals surface area contributed by atoms with Crippen LogP contribution < -0.4 is 4.74 Å². The fraction of sp³-hybridized carbons (Fsp3) is 0.273. The van der Waals surface area contributed by atoms with Crippen molar-refractivity contribution in [1.29, 1.82) is 5.26 Å². The number of ether oxygens (including phenoxy) is 1. The van der Waals surface area contributed by atoms with Crippen LogP contribution >= 0.6 is 0 Å².